The number of nitrogens with zero attached hydrogens (tertiary/aromatic N) is 1. The zero-order valence-electron chi connectivity index (χ0n) is 9.12. The van der Waals surface area contributed by atoms with Crippen molar-refractivity contribution in [1.29, 1.82) is 0 Å². The van der Waals surface area contributed by atoms with Crippen molar-refractivity contribution in [2.45, 2.75) is 25.4 Å². The first-order valence-corrected chi connectivity index (χ1v) is 5.14. The average molecular weight is 208 g/mol. The summed E-state index contributed by atoms with van der Waals surface area (Å²) >= 11 is 0. The zero-order valence-corrected chi connectivity index (χ0v) is 9.12. The van der Waals surface area contributed by atoms with Gasteiger partial charge in [-0.1, -0.05) is 0 Å². The molecule has 1 N–H and O–H groups in total. The zero-order chi connectivity index (χ0) is 10.7. The first-order chi connectivity index (χ1) is 7.35. The standard InChI is InChI=1S/C11H16N2O2/c1-14-10-5-6-12-9(11(10)15-2)7-13-8-3-4-8/h5-6,8,13H,3-4,7H2,1-2H3. The van der Waals surface area contributed by atoms with E-state index in [2.05, 4.69) is 10.3 Å². The molecule has 0 bridgehead atoms. The van der Waals surface area contributed by atoms with Crippen LogP contribution in [0.5, 0.6) is 11.5 Å². The second-order valence-electron chi connectivity index (χ2n) is 3.65. The summed E-state index contributed by atoms with van der Waals surface area (Å²) in [5.74, 6) is 1.47. The molecular weight excluding hydrogens is 192 g/mol. The van der Waals surface area contributed by atoms with Crippen LogP contribution in [-0.2, 0) is 6.54 Å². The topological polar surface area (TPSA) is 43.4 Å². The van der Waals surface area contributed by atoms with E-state index in [4.69, 9.17) is 9.47 Å². The quantitative estimate of drug-likeness (QED) is 0.793. The van der Waals surface area contributed by atoms with Crippen molar-refractivity contribution in [2.75, 3.05) is 14.2 Å². The highest BCUT2D eigenvalue weighted by Crippen LogP contribution is 2.29. The van der Waals surface area contributed by atoms with E-state index in [9.17, 15) is 0 Å². The minimum absolute atomic E-state index is 0.669. The summed E-state index contributed by atoms with van der Waals surface area (Å²) in [4.78, 5) is 4.29. The molecule has 0 saturated heterocycles. The second-order valence-corrected chi connectivity index (χ2v) is 3.65. The van der Waals surface area contributed by atoms with Crippen molar-refractivity contribution < 1.29 is 9.47 Å². The summed E-state index contributed by atoms with van der Waals surface area (Å²) in [5, 5.41) is 3.40. The van der Waals surface area contributed by atoms with Gasteiger partial charge >= 0.3 is 0 Å². The molecule has 0 aromatic carbocycles. The summed E-state index contributed by atoms with van der Waals surface area (Å²) < 4.78 is 10.5. The van der Waals surface area contributed by atoms with E-state index in [1.54, 1.807) is 26.5 Å². The Morgan fingerprint density at radius 3 is 2.80 bits per heavy atom. The summed E-state index contributed by atoms with van der Waals surface area (Å²) in [6.07, 6.45) is 4.28. The van der Waals surface area contributed by atoms with Crippen LogP contribution in [0.4, 0.5) is 0 Å². The van der Waals surface area contributed by atoms with E-state index in [1.165, 1.54) is 12.8 Å². The summed E-state index contributed by atoms with van der Waals surface area (Å²) in [7, 11) is 3.27. The fourth-order valence-electron chi connectivity index (χ4n) is 1.50. The van der Waals surface area contributed by atoms with Gasteiger partial charge in [0.25, 0.3) is 0 Å². The third-order valence-corrected chi connectivity index (χ3v) is 2.50. The molecule has 0 aliphatic heterocycles. The van der Waals surface area contributed by atoms with E-state index in [1.807, 2.05) is 0 Å². The third kappa shape index (κ3) is 2.39. The van der Waals surface area contributed by atoms with Gasteiger partial charge in [0.2, 0.25) is 0 Å². The van der Waals surface area contributed by atoms with E-state index in [-0.39, 0.29) is 0 Å². The van der Waals surface area contributed by atoms with Crippen molar-refractivity contribution in [2.24, 2.45) is 0 Å². The molecule has 0 unspecified atom stereocenters. The molecule has 82 valence electrons. The predicted octanol–water partition coefficient (Wildman–Crippen LogP) is 1.35. The molecular formula is C11H16N2O2. The number of hydrogen-bond acceptors (Lipinski definition) is 4. The number of pyridine rings is 1. The normalized spacial score (nSPS) is 15.1. The summed E-state index contributed by atoms with van der Waals surface area (Å²) in [6.45, 7) is 0.741. The Labute approximate surface area is 89.6 Å². The van der Waals surface area contributed by atoms with Gasteiger partial charge in [-0.3, -0.25) is 4.98 Å². The van der Waals surface area contributed by atoms with Crippen molar-refractivity contribution in [3.05, 3.63) is 18.0 Å². The number of hydrogen-bond donors (Lipinski definition) is 1. The fourth-order valence-corrected chi connectivity index (χ4v) is 1.50. The minimum Gasteiger partial charge on any atom is -0.493 e. The second kappa shape index (κ2) is 4.49. The molecule has 15 heavy (non-hydrogen) atoms. The Kier molecular flexibility index (Phi) is 3.06. The van der Waals surface area contributed by atoms with Gasteiger partial charge in [0, 0.05) is 24.8 Å². The van der Waals surface area contributed by atoms with Crippen LogP contribution in [0.3, 0.4) is 0 Å². The van der Waals surface area contributed by atoms with Crippen LogP contribution in [0.15, 0.2) is 12.3 Å². The first-order valence-electron chi connectivity index (χ1n) is 5.14. The molecule has 0 radical (unpaired) electrons. The van der Waals surface area contributed by atoms with E-state index >= 15 is 0 Å². The van der Waals surface area contributed by atoms with Gasteiger partial charge in [-0.25, -0.2) is 0 Å². The highest BCUT2D eigenvalue weighted by molar-refractivity contribution is 5.42. The number of rotatable bonds is 5. The number of aromatic nitrogens is 1. The molecule has 1 aliphatic carbocycles. The Bertz CT molecular complexity index is 337. The van der Waals surface area contributed by atoms with Crippen LogP contribution in [-0.4, -0.2) is 25.2 Å². The van der Waals surface area contributed by atoms with Crippen molar-refractivity contribution >= 4 is 0 Å². The average Bonchev–Trinajstić information content (AvgIpc) is 3.09. The fraction of sp³-hybridized carbons (Fsp3) is 0.545. The molecule has 1 saturated carbocycles. The van der Waals surface area contributed by atoms with Crippen LogP contribution < -0.4 is 14.8 Å². The van der Waals surface area contributed by atoms with Crippen LogP contribution in [0, 0.1) is 0 Å². The predicted molar refractivity (Wildman–Crippen MR) is 57.2 cm³/mol. The Morgan fingerprint density at radius 2 is 2.20 bits per heavy atom. The molecule has 2 rings (SSSR count). The van der Waals surface area contributed by atoms with Crippen LogP contribution in [0.25, 0.3) is 0 Å². The van der Waals surface area contributed by atoms with Gasteiger partial charge in [-0.15, -0.1) is 0 Å². The Balaban J connectivity index is 2.12. The number of nitrogens with one attached hydrogen (secondary N) is 1. The maximum atomic E-state index is 5.29. The molecule has 4 heteroatoms. The highest BCUT2D eigenvalue weighted by atomic mass is 16.5. The van der Waals surface area contributed by atoms with Crippen molar-refractivity contribution in [3.8, 4) is 11.5 Å². The molecule has 0 amide bonds. The van der Waals surface area contributed by atoms with Crippen molar-refractivity contribution in [3.63, 3.8) is 0 Å². The smallest absolute Gasteiger partial charge is 0.183 e. The van der Waals surface area contributed by atoms with E-state index in [0.717, 1.165) is 23.7 Å². The Hall–Kier alpha value is -1.29. The van der Waals surface area contributed by atoms with Gasteiger partial charge in [0.05, 0.1) is 19.9 Å². The lowest BCUT2D eigenvalue weighted by Crippen LogP contribution is -2.17. The maximum Gasteiger partial charge on any atom is 0.183 e. The summed E-state index contributed by atoms with van der Waals surface area (Å²) in [5.41, 5.74) is 0.906. The van der Waals surface area contributed by atoms with Gasteiger partial charge in [-0.05, 0) is 12.8 Å². The lowest BCUT2D eigenvalue weighted by atomic mass is 10.3. The van der Waals surface area contributed by atoms with Crippen LogP contribution in [0.2, 0.25) is 0 Å². The van der Waals surface area contributed by atoms with Crippen LogP contribution in [0.1, 0.15) is 18.5 Å². The molecule has 1 aliphatic rings. The van der Waals surface area contributed by atoms with E-state index < -0.39 is 0 Å². The summed E-state index contributed by atoms with van der Waals surface area (Å²) in [6, 6.07) is 2.47. The van der Waals surface area contributed by atoms with Gasteiger partial charge < -0.3 is 14.8 Å². The molecule has 1 heterocycles. The maximum absolute atomic E-state index is 5.29. The van der Waals surface area contributed by atoms with Gasteiger partial charge in [-0.2, -0.15) is 0 Å². The number of ether oxygens (including phenoxy) is 2. The van der Waals surface area contributed by atoms with Crippen molar-refractivity contribution in [1.82, 2.24) is 10.3 Å². The molecule has 1 fully saturated rings. The monoisotopic (exact) mass is 208 g/mol. The number of methoxy groups -OCH3 is 2. The van der Waals surface area contributed by atoms with E-state index in [0.29, 0.717) is 6.04 Å². The SMILES string of the molecule is COc1ccnc(CNC2CC2)c1OC. The largest absolute Gasteiger partial charge is 0.493 e. The lowest BCUT2D eigenvalue weighted by Gasteiger charge is -2.11. The first kappa shape index (κ1) is 10.2. The minimum atomic E-state index is 0.669. The van der Waals surface area contributed by atoms with Gasteiger partial charge in [0.15, 0.2) is 11.5 Å². The van der Waals surface area contributed by atoms with Crippen LogP contribution >= 0.6 is 0 Å². The molecule has 4 nitrogen and oxygen atoms in total. The molecule has 1 aromatic heterocycles. The highest BCUT2D eigenvalue weighted by Gasteiger charge is 2.21. The lowest BCUT2D eigenvalue weighted by molar-refractivity contribution is 0.348. The third-order valence-electron chi connectivity index (χ3n) is 2.50. The molecule has 0 atom stereocenters. The Morgan fingerprint density at radius 1 is 1.40 bits per heavy atom. The molecule has 0 spiro atoms. The van der Waals surface area contributed by atoms with Gasteiger partial charge in [0.1, 0.15) is 0 Å². The molecule has 1 aromatic rings.